The lowest BCUT2D eigenvalue weighted by atomic mass is 10.1. The Morgan fingerprint density at radius 3 is 2.50 bits per heavy atom. The van der Waals surface area contributed by atoms with Crippen LogP contribution in [0.25, 0.3) is 11.4 Å². The minimum absolute atomic E-state index is 0.155. The van der Waals surface area contributed by atoms with Crippen LogP contribution in [0, 0.1) is 11.8 Å². The molecule has 0 bridgehead atoms. The Bertz CT molecular complexity index is 727. The number of nitrogens with zero attached hydrogens (tertiary/aromatic N) is 3. The second kappa shape index (κ2) is 7.99. The highest BCUT2D eigenvalue weighted by Gasteiger charge is 2.21. The number of benzene rings is 1. The minimum Gasteiger partial charge on any atom is -0.462 e. The number of ether oxygens (including phenoxy) is 1. The zero-order valence-corrected chi connectivity index (χ0v) is 15.7. The molecule has 0 radical (unpaired) electrons. The summed E-state index contributed by atoms with van der Waals surface area (Å²) in [5.41, 5.74) is 0.588. The summed E-state index contributed by atoms with van der Waals surface area (Å²) in [5.74, 6) is 0.736. The highest BCUT2D eigenvalue weighted by molar-refractivity contribution is 6.36. The summed E-state index contributed by atoms with van der Waals surface area (Å²) in [6, 6.07) is 5.20. The van der Waals surface area contributed by atoms with Crippen molar-refractivity contribution in [2.45, 2.75) is 34.1 Å². The normalized spacial score (nSPS) is 11.3. The predicted molar refractivity (Wildman–Crippen MR) is 95.9 cm³/mol. The Balaban J connectivity index is 2.44. The molecule has 2 aromatic rings. The predicted octanol–water partition coefficient (Wildman–Crippen LogP) is 4.97. The highest BCUT2D eigenvalue weighted by Crippen LogP contribution is 2.30. The van der Waals surface area contributed by atoms with Crippen LogP contribution in [0.1, 0.15) is 38.9 Å². The second-order valence-corrected chi connectivity index (χ2v) is 7.29. The van der Waals surface area contributed by atoms with Crippen molar-refractivity contribution in [3.8, 4) is 17.4 Å². The first-order chi connectivity index (χ1) is 11.3. The van der Waals surface area contributed by atoms with Crippen molar-refractivity contribution in [1.29, 1.82) is 0 Å². The summed E-state index contributed by atoms with van der Waals surface area (Å²) in [5, 5.41) is 5.14. The molecule has 1 aromatic heterocycles. The van der Waals surface area contributed by atoms with Crippen LogP contribution in [-0.2, 0) is 0 Å². The lowest BCUT2D eigenvalue weighted by Crippen LogP contribution is -2.16. The van der Waals surface area contributed by atoms with Crippen LogP contribution in [0.4, 0.5) is 0 Å². The molecule has 1 aromatic carbocycles. The molecule has 0 aliphatic heterocycles. The molecule has 130 valence electrons. The van der Waals surface area contributed by atoms with Crippen LogP contribution in [0.2, 0.25) is 10.0 Å². The molecule has 0 N–H and O–H groups in total. The van der Waals surface area contributed by atoms with E-state index in [1.807, 2.05) is 27.7 Å². The van der Waals surface area contributed by atoms with E-state index < -0.39 is 0 Å². The fourth-order valence-corrected chi connectivity index (χ4v) is 2.54. The van der Waals surface area contributed by atoms with Crippen LogP contribution in [0.15, 0.2) is 18.2 Å². The van der Waals surface area contributed by atoms with Gasteiger partial charge in [-0.1, -0.05) is 50.9 Å². The Labute approximate surface area is 151 Å². The van der Waals surface area contributed by atoms with E-state index in [0.29, 0.717) is 40.4 Å². The molecule has 0 atom stereocenters. The first kappa shape index (κ1) is 18.7. The first-order valence-corrected chi connectivity index (χ1v) is 8.62. The Kier molecular flexibility index (Phi) is 6.24. The highest BCUT2D eigenvalue weighted by atomic mass is 35.5. The van der Waals surface area contributed by atoms with Crippen LogP contribution >= 0.6 is 23.2 Å². The van der Waals surface area contributed by atoms with E-state index in [4.69, 9.17) is 27.9 Å². The van der Waals surface area contributed by atoms with E-state index in [-0.39, 0.29) is 17.8 Å². The molecule has 0 amide bonds. The van der Waals surface area contributed by atoms with E-state index in [2.05, 4.69) is 10.1 Å². The second-order valence-electron chi connectivity index (χ2n) is 6.45. The summed E-state index contributed by atoms with van der Waals surface area (Å²) < 4.78 is 6.83. The van der Waals surface area contributed by atoms with Gasteiger partial charge in [-0.15, -0.1) is 5.10 Å². The third-order valence-corrected chi connectivity index (χ3v) is 3.67. The van der Waals surface area contributed by atoms with E-state index in [1.54, 1.807) is 18.2 Å². The number of carbonyl (C=O) groups excluding carboxylic acids is 1. The monoisotopic (exact) mass is 369 g/mol. The number of carbonyl (C=O) groups is 1. The molecular weight excluding hydrogens is 349 g/mol. The van der Waals surface area contributed by atoms with Crippen LogP contribution in [0.5, 0.6) is 6.01 Å². The van der Waals surface area contributed by atoms with Gasteiger partial charge in [0.2, 0.25) is 5.91 Å². The van der Waals surface area contributed by atoms with Crippen molar-refractivity contribution in [2.75, 3.05) is 6.61 Å². The van der Waals surface area contributed by atoms with Gasteiger partial charge in [-0.05, 0) is 30.0 Å². The van der Waals surface area contributed by atoms with E-state index in [0.717, 1.165) is 0 Å². The molecule has 1 heterocycles. The third kappa shape index (κ3) is 4.71. The van der Waals surface area contributed by atoms with Crippen LogP contribution in [-0.4, -0.2) is 27.3 Å². The van der Waals surface area contributed by atoms with Crippen molar-refractivity contribution in [3.05, 3.63) is 28.2 Å². The zero-order chi connectivity index (χ0) is 17.9. The Hall–Kier alpha value is -1.59. The Morgan fingerprint density at radius 1 is 1.21 bits per heavy atom. The molecule has 0 saturated heterocycles. The van der Waals surface area contributed by atoms with E-state index >= 15 is 0 Å². The topological polar surface area (TPSA) is 57.0 Å². The van der Waals surface area contributed by atoms with Crippen LogP contribution in [0.3, 0.4) is 0 Å². The third-order valence-electron chi connectivity index (χ3n) is 3.12. The standard InChI is InChI=1S/C17H21Cl2N3O2/c1-10(2)7-15(23)22-16(13-6-5-12(18)8-14(13)19)20-17(21-22)24-9-11(3)4/h5-6,8,10-11H,7,9H2,1-4H3. The van der Waals surface area contributed by atoms with Gasteiger partial charge in [-0.25, -0.2) is 0 Å². The smallest absolute Gasteiger partial charge is 0.336 e. The maximum Gasteiger partial charge on any atom is 0.336 e. The van der Waals surface area contributed by atoms with Gasteiger partial charge in [0.15, 0.2) is 5.82 Å². The quantitative estimate of drug-likeness (QED) is 0.720. The first-order valence-electron chi connectivity index (χ1n) is 7.86. The molecule has 0 aliphatic rings. The lowest BCUT2D eigenvalue weighted by molar-refractivity contribution is 0.0870. The summed E-state index contributed by atoms with van der Waals surface area (Å²) >= 11 is 12.2. The molecule has 0 saturated carbocycles. The average molecular weight is 370 g/mol. The Morgan fingerprint density at radius 2 is 1.92 bits per heavy atom. The van der Waals surface area contributed by atoms with Gasteiger partial charge >= 0.3 is 6.01 Å². The van der Waals surface area contributed by atoms with Crippen molar-refractivity contribution in [2.24, 2.45) is 11.8 Å². The van der Waals surface area contributed by atoms with Gasteiger partial charge in [-0.3, -0.25) is 4.79 Å². The molecule has 24 heavy (non-hydrogen) atoms. The summed E-state index contributed by atoms with van der Waals surface area (Å²) in [7, 11) is 0. The number of halogens is 2. The summed E-state index contributed by atoms with van der Waals surface area (Å²) in [6.07, 6.45) is 0.352. The molecule has 7 heteroatoms. The van der Waals surface area contributed by atoms with Gasteiger partial charge in [0.1, 0.15) is 0 Å². The molecule has 0 spiro atoms. The number of rotatable bonds is 6. The van der Waals surface area contributed by atoms with Gasteiger partial charge in [0.05, 0.1) is 11.6 Å². The number of hydrogen-bond donors (Lipinski definition) is 0. The van der Waals surface area contributed by atoms with Crippen molar-refractivity contribution in [3.63, 3.8) is 0 Å². The van der Waals surface area contributed by atoms with Crippen molar-refractivity contribution >= 4 is 29.1 Å². The molecule has 5 nitrogen and oxygen atoms in total. The summed E-state index contributed by atoms with van der Waals surface area (Å²) in [6.45, 7) is 8.46. The number of aromatic nitrogens is 3. The maximum absolute atomic E-state index is 12.5. The fourth-order valence-electron chi connectivity index (χ4n) is 2.05. The molecule has 0 aliphatic carbocycles. The molecule has 0 fully saturated rings. The van der Waals surface area contributed by atoms with E-state index in [9.17, 15) is 4.79 Å². The van der Waals surface area contributed by atoms with Crippen LogP contribution < -0.4 is 4.74 Å². The largest absolute Gasteiger partial charge is 0.462 e. The maximum atomic E-state index is 12.5. The molecule has 2 rings (SSSR count). The van der Waals surface area contributed by atoms with Gasteiger partial charge in [0.25, 0.3) is 0 Å². The zero-order valence-electron chi connectivity index (χ0n) is 14.2. The minimum atomic E-state index is -0.155. The van der Waals surface area contributed by atoms with Gasteiger partial charge < -0.3 is 4.74 Å². The molecular formula is C17H21Cl2N3O2. The molecule has 0 unspecified atom stereocenters. The number of hydrogen-bond acceptors (Lipinski definition) is 4. The SMILES string of the molecule is CC(C)COc1nc(-c2ccc(Cl)cc2Cl)n(C(=O)CC(C)C)n1. The van der Waals surface area contributed by atoms with Gasteiger partial charge in [-0.2, -0.15) is 9.67 Å². The fraction of sp³-hybridized carbons (Fsp3) is 0.471. The average Bonchev–Trinajstić information content (AvgIpc) is 2.88. The van der Waals surface area contributed by atoms with Crippen molar-refractivity contribution < 1.29 is 9.53 Å². The lowest BCUT2D eigenvalue weighted by Gasteiger charge is -2.07. The summed E-state index contributed by atoms with van der Waals surface area (Å²) in [4.78, 5) is 16.9. The van der Waals surface area contributed by atoms with Gasteiger partial charge in [0, 0.05) is 17.0 Å². The van der Waals surface area contributed by atoms with E-state index in [1.165, 1.54) is 4.68 Å². The van der Waals surface area contributed by atoms with Crippen molar-refractivity contribution in [1.82, 2.24) is 14.8 Å².